The lowest BCUT2D eigenvalue weighted by Crippen LogP contribution is -2.51. The molecule has 5 heteroatoms. The van der Waals surface area contributed by atoms with Crippen molar-refractivity contribution in [2.45, 2.75) is 31.3 Å². The van der Waals surface area contributed by atoms with E-state index in [1.54, 1.807) is 14.2 Å². The smallest absolute Gasteiger partial charge is 0.166 e. The fraction of sp³-hybridized carbons (Fsp3) is 0.909. The highest BCUT2D eigenvalue weighted by Crippen LogP contribution is 2.34. The molecule has 0 aromatic rings. The number of nitrogens with one attached hydrogen (secondary N) is 2. The number of rotatable bonds is 7. The van der Waals surface area contributed by atoms with Crippen LogP contribution < -0.4 is 10.6 Å². The molecule has 0 heterocycles. The summed E-state index contributed by atoms with van der Waals surface area (Å²) in [6.45, 7) is 2.41. The molecule has 1 fully saturated rings. The van der Waals surface area contributed by atoms with Gasteiger partial charge in [0.25, 0.3) is 0 Å². The van der Waals surface area contributed by atoms with Crippen LogP contribution in [0.3, 0.4) is 0 Å². The molecular weight excluding hydrogens is 224 g/mol. The summed E-state index contributed by atoms with van der Waals surface area (Å²) < 4.78 is 10.5. The van der Waals surface area contributed by atoms with Crippen LogP contribution in [0.4, 0.5) is 0 Å². The molecule has 2 N–H and O–H groups in total. The van der Waals surface area contributed by atoms with Crippen LogP contribution in [-0.2, 0) is 9.47 Å². The number of methoxy groups -OCH3 is 2. The summed E-state index contributed by atoms with van der Waals surface area (Å²) in [5, 5.41) is 7.06. The zero-order valence-corrected chi connectivity index (χ0v) is 11.0. The molecular formula is C11H22N2O2S. The molecule has 0 aliphatic heterocycles. The third-order valence-corrected chi connectivity index (χ3v) is 3.37. The van der Waals surface area contributed by atoms with E-state index < -0.39 is 0 Å². The Balaban J connectivity index is 2.05. The van der Waals surface area contributed by atoms with Crippen LogP contribution in [0.2, 0.25) is 0 Å². The highest BCUT2D eigenvalue weighted by atomic mass is 32.1. The molecule has 1 saturated carbocycles. The maximum Gasteiger partial charge on any atom is 0.166 e. The van der Waals surface area contributed by atoms with Crippen LogP contribution in [-0.4, -0.2) is 44.6 Å². The van der Waals surface area contributed by atoms with Crippen LogP contribution in [0.15, 0.2) is 0 Å². The average molecular weight is 246 g/mol. The first-order valence-electron chi connectivity index (χ1n) is 5.78. The zero-order chi connectivity index (χ0) is 11.9. The van der Waals surface area contributed by atoms with Crippen LogP contribution in [0.1, 0.15) is 25.7 Å². The first-order valence-corrected chi connectivity index (χ1v) is 6.19. The minimum absolute atomic E-state index is 0.0261. The summed E-state index contributed by atoms with van der Waals surface area (Å²) >= 11 is 5.17. The molecule has 0 amide bonds. The molecule has 0 aromatic carbocycles. The van der Waals surface area contributed by atoms with Gasteiger partial charge in [-0.1, -0.05) is 0 Å². The third kappa shape index (κ3) is 4.23. The minimum Gasteiger partial charge on any atom is -0.385 e. The standard InChI is InChI=1S/C11H22N2O2S/c1-14-8-4-7-12-10(16)13-9-11(15-2)5-3-6-11/h3-9H2,1-2H3,(H2,12,13,16). The monoisotopic (exact) mass is 246 g/mol. The lowest BCUT2D eigenvalue weighted by molar-refractivity contribution is -0.0665. The Kier molecular flexibility index (Phi) is 6.01. The molecule has 0 unspecified atom stereocenters. The van der Waals surface area contributed by atoms with Gasteiger partial charge in [-0.25, -0.2) is 0 Å². The van der Waals surface area contributed by atoms with Crippen LogP contribution >= 0.6 is 12.2 Å². The summed E-state index contributed by atoms with van der Waals surface area (Å²) in [7, 11) is 3.48. The van der Waals surface area contributed by atoms with Gasteiger partial charge in [0.05, 0.1) is 5.60 Å². The molecule has 94 valence electrons. The maximum atomic E-state index is 5.50. The lowest BCUT2D eigenvalue weighted by Gasteiger charge is -2.40. The summed E-state index contributed by atoms with van der Waals surface area (Å²) in [5.74, 6) is 0. The van der Waals surface area contributed by atoms with Crippen molar-refractivity contribution >= 4 is 17.3 Å². The van der Waals surface area contributed by atoms with E-state index in [0.717, 1.165) is 39.0 Å². The van der Waals surface area contributed by atoms with Crippen LogP contribution in [0.25, 0.3) is 0 Å². The van der Waals surface area contributed by atoms with Crippen LogP contribution in [0, 0.1) is 0 Å². The van der Waals surface area contributed by atoms with Crippen molar-refractivity contribution in [3.8, 4) is 0 Å². The highest BCUT2D eigenvalue weighted by Gasteiger charge is 2.36. The van der Waals surface area contributed by atoms with Crippen molar-refractivity contribution in [1.82, 2.24) is 10.6 Å². The van der Waals surface area contributed by atoms with Gasteiger partial charge in [-0.15, -0.1) is 0 Å². The number of hydrogen-bond acceptors (Lipinski definition) is 3. The second-order valence-corrected chi connectivity index (χ2v) is 4.60. The SMILES string of the molecule is COCCCNC(=S)NCC1(OC)CCC1. The van der Waals surface area contributed by atoms with E-state index in [1.165, 1.54) is 6.42 Å². The maximum absolute atomic E-state index is 5.50. The molecule has 0 bridgehead atoms. The molecule has 16 heavy (non-hydrogen) atoms. The van der Waals surface area contributed by atoms with E-state index in [-0.39, 0.29) is 5.60 Å². The highest BCUT2D eigenvalue weighted by molar-refractivity contribution is 7.80. The Morgan fingerprint density at radius 1 is 1.31 bits per heavy atom. The Labute approximate surface area is 103 Å². The topological polar surface area (TPSA) is 42.5 Å². The molecule has 1 aliphatic rings. The Hall–Kier alpha value is -0.390. The van der Waals surface area contributed by atoms with Crippen molar-refractivity contribution in [2.75, 3.05) is 33.9 Å². The number of thiocarbonyl (C=S) groups is 1. The predicted molar refractivity (Wildman–Crippen MR) is 68.7 cm³/mol. The summed E-state index contributed by atoms with van der Waals surface area (Å²) in [5.41, 5.74) is 0.0261. The van der Waals surface area contributed by atoms with Gasteiger partial charge >= 0.3 is 0 Å². The Bertz CT molecular complexity index is 215. The van der Waals surface area contributed by atoms with Crippen molar-refractivity contribution in [2.24, 2.45) is 0 Å². The molecule has 0 spiro atoms. The molecule has 1 rings (SSSR count). The normalized spacial score (nSPS) is 17.6. The first-order chi connectivity index (χ1) is 7.72. The summed E-state index contributed by atoms with van der Waals surface area (Å²) in [4.78, 5) is 0. The van der Waals surface area contributed by atoms with Crippen molar-refractivity contribution in [1.29, 1.82) is 0 Å². The third-order valence-electron chi connectivity index (χ3n) is 3.08. The molecule has 0 atom stereocenters. The molecule has 4 nitrogen and oxygen atoms in total. The summed E-state index contributed by atoms with van der Waals surface area (Å²) in [6.07, 6.45) is 4.48. The Morgan fingerprint density at radius 2 is 2.06 bits per heavy atom. The number of ether oxygens (including phenoxy) is 2. The fourth-order valence-corrected chi connectivity index (χ4v) is 1.92. The lowest BCUT2D eigenvalue weighted by atomic mass is 9.80. The number of hydrogen-bond donors (Lipinski definition) is 2. The van der Waals surface area contributed by atoms with Gasteiger partial charge in [0.2, 0.25) is 0 Å². The fourth-order valence-electron chi connectivity index (χ4n) is 1.75. The van der Waals surface area contributed by atoms with Crippen LogP contribution in [0.5, 0.6) is 0 Å². The Morgan fingerprint density at radius 3 is 2.56 bits per heavy atom. The van der Waals surface area contributed by atoms with E-state index >= 15 is 0 Å². The van der Waals surface area contributed by atoms with E-state index in [0.29, 0.717) is 5.11 Å². The van der Waals surface area contributed by atoms with Gasteiger partial charge in [0.15, 0.2) is 5.11 Å². The summed E-state index contributed by atoms with van der Waals surface area (Å²) in [6, 6.07) is 0. The van der Waals surface area contributed by atoms with Crippen molar-refractivity contribution in [3.05, 3.63) is 0 Å². The van der Waals surface area contributed by atoms with Gasteiger partial charge < -0.3 is 20.1 Å². The van der Waals surface area contributed by atoms with E-state index in [1.807, 2.05) is 0 Å². The van der Waals surface area contributed by atoms with Crippen molar-refractivity contribution in [3.63, 3.8) is 0 Å². The van der Waals surface area contributed by atoms with Gasteiger partial charge in [-0.3, -0.25) is 0 Å². The molecule has 1 aliphatic carbocycles. The van der Waals surface area contributed by atoms with Gasteiger partial charge in [0, 0.05) is 33.9 Å². The average Bonchev–Trinajstić information content (AvgIpc) is 2.24. The quantitative estimate of drug-likeness (QED) is 0.519. The van der Waals surface area contributed by atoms with E-state index in [4.69, 9.17) is 21.7 Å². The van der Waals surface area contributed by atoms with Gasteiger partial charge in [-0.05, 0) is 37.9 Å². The molecule has 0 radical (unpaired) electrons. The molecule has 0 saturated heterocycles. The van der Waals surface area contributed by atoms with E-state index in [9.17, 15) is 0 Å². The molecule has 0 aromatic heterocycles. The first kappa shape index (κ1) is 13.7. The van der Waals surface area contributed by atoms with Crippen molar-refractivity contribution < 1.29 is 9.47 Å². The zero-order valence-electron chi connectivity index (χ0n) is 10.2. The second kappa shape index (κ2) is 7.04. The van der Waals surface area contributed by atoms with Gasteiger partial charge in [0.1, 0.15) is 0 Å². The predicted octanol–water partition coefficient (Wildman–Crippen LogP) is 1.06. The minimum atomic E-state index is 0.0261. The van der Waals surface area contributed by atoms with E-state index in [2.05, 4.69) is 10.6 Å². The second-order valence-electron chi connectivity index (χ2n) is 4.20. The largest absolute Gasteiger partial charge is 0.385 e. The van der Waals surface area contributed by atoms with Gasteiger partial charge in [-0.2, -0.15) is 0 Å².